The van der Waals surface area contributed by atoms with Crippen LogP contribution in [0.25, 0.3) is 21.8 Å². The van der Waals surface area contributed by atoms with Gasteiger partial charge in [0.05, 0.1) is 5.52 Å². The summed E-state index contributed by atoms with van der Waals surface area (Å²) in [7, 11) is 0. The predicted octanol–water partition coefficient (Wildman–Crippen LogP) is 3.84. The summed E-state index contributed by atoms with van der Waals surface area (Å²) in [5.41, 5.74) is 3.54. The molecule has 4 rings (SSSR count). The molecule has 2 aromatic carbocycles. The number of pyridine rings is 1. The van der Waals surface area contributed by atoms with Crippen LogP contribution in [-0.2, 0) is 0 Å². The summed E-state index contributed by atoms with van der Waals surface area (Å²) >= 11 is 0. The first-order chi connectivity index (χ1) is 10.8. The summed E-state index contributed by atoms with van der Waals surface area (Å²) in [5.74, 6) is 3.37. The Bertz CT molecular complexity index is 1020. The monoisotopic (exact) mass is 284 g/mol. The first-order valence-corrected chi connectivity index (χ1v) is 6.90. The topological polar surface area (TPSA) is 53.6 Å². The lowest BCUT2D eigenvalue weighted by Crippen LogP contribution is -1.92. The van der Waals surface area contributed by atoms with Gasteiger partial charge >= 0.3 is 0 Å². The molecule has 0 amide bonds. The van der Waals surface area contributed by atoms with E-state index in [1.807, 2.05) is 36.4 Å². The van der Waals surface area contributed by atoms with Crippen LogP contribution in [0, 0.1) is 12.3 Å². The third kappa shape index (κ3) is 2.05. The molecule has 104 valence electrons. The van der Waals surface area contributed by atoms with Gasteiger partial charge in [0, 0.05) is 17.4 Å². The van der Waals surface area contributed by atoms with E-state index in [9.17, 15) is 0 Å². The second kappa shape index (κ2) is 4.90. The Hall–Kier alpha value is -3.32. The van der Waals surface area contributed by atoms with Gasteiger partial charge in [0.2, 0.25) is 0 Å². The molecule has 4 heteroatoms. The number of nitrogens with one attached hydrogen (secondary N) is 2. The van der Waals surface area contributed by atoms with Crippen molar-refractivity contribution in [2.75, 3.05) is 5.32 Å². The van der Waals surface area contributed by atoms with Gasteiger partial charge in [-0.3, -0.25) is 10.1 Å². The molecule has 0 saturated heterocycles. The van der Waals surface area contributed by atoms with Crippen LogP contribution in [0.1, 0.15) is 5.56 Å². The fourth-order valence-corrected chi connectivity index (χ4v) is 2.49. The molecular formula is C18H12N4. The van der Waals surface area contributed by atoms with E-state index in [0.717, 1.165) is 33.1 Å². The first-order valence-electron chi connectivity index (χ1n) is 6.90. The summed E-state index contributed by atoms with van der Waals surface area (Å²) in [6, 6.07) is 15.9. The molecule has 0 bridgehead atoms. The maximum Gasteiger partial charge on any atom is 0.178 e. The van der Waals surface area contributed by atoms with Crippen molar-refractivity contribution in [2.24, 2.45) is 0 Å². The van der Waals surface area contributed by atoms with Crippen molar-refractivity contribution in [1.82, 2.24) is 15.2 Å². The minimum absolute atomic E-state index is 0.711. The van der Waals surface area contributed by atoms with E-state index in [1.165, 1.54) is 0 Å². The van der Waals surface area contributed by atoms with Crippen LogP contribution < -0.4 is 5.32 Å². The number of benzene rings is 2. The van der Waals surface area contributed by atoms with Crippen molar-refractivity contribution in [3.8, 4) is 12.3 Å². The second-order valence-electron chi connectivity index (χ2n) is 5.02. The Kier molecular flexibility index (Phi) is 2.77. The average Bonchev–Trinajstić information content (AvgIpc) is 2.97. The standard InChI is InChI=1S/C18H12N4/c1-2-12-5-6-13-7-8-15(11-14(13)10-12)20-18-17-16(21-22-18)4-3-9-19-17/h1,3-11H,(H2,20,21,22). The highest BCUT2D eigenvalue weighted by atomic mass is 15.2. The number of nitrogens with zero attached hydrogens (tertiary/aromatic N) is 2. The third-order valence-electron chi connectivity index (χ3n) is 3.59. The predicted molar refractivity (Wildman–Crippen MR) is 89.1 cm³/mol. The summed E-state index contributed by atoms with van der Waals surface area (Å²) in [4.78, 5) is 4.34. The summed E-state index contributed by atoms with van der Waals surface area (Å²) in [5, 5.41) is 12.8. The number of hydrogen-bond acceptors (Lipinski definition) is 3. The SMILES string of the molecule is C#Cc1ccc2ccc(Nc3n[nH]c4cccnc34)cc2c1. The molecule has 0 aliphatic heterocycles. The van der Waals surface area contributed by atoms with Crippen molar-refractivity contribution in [2.45, 2.75) is 0 Å². The van der Waals surface area contributed by atoms with Crippen LogP contribution >= 0.6 is 0 Å². The Labute approximate surface area is 127 Å². The van der Waals surface area contributed by atoms with E-state index < -0.39 is 0 Å². The van der Waals surface area contributed by atoms with Crippen LogP contribution in [-0.4, -0.2) is 15.2 Å². The largest absolute Gasteiger partial charge is 0.337 e. The van der Waals surface area contributed by atoms with Crippen LogP contribution in [0.5, 0.6) is 0 Å². The Morgan fingerprint density at radius 2 is 1.95 bits per heavy atom. The molecule has 2 heterocycles. The molecular weight excluding hydrogens is 272 g/mol. The van der Waals surface area contributed by atoms with E-state index in [4.69, 9.17) is 6.42 Å². The van der Waals surface area contributed by atoms with Crippen LogP contribution in [0.15, 0.2) is 54.7 Å². The van der Waals surface area contributed by atoms with E-state index in [2.05, 4.69) is 38.6 Å². The van der Waals surface area contributed by atoms with Crippen molar-refractivity contribution >= 4 is 33.3 Å². The van der Waals surface area contributed by atoms with E-state index in [0.29, 0.717) is 5.82 Å². The third-order valence-corrected chi connectivity index (χ3v) is 3.59. The van der Waals surface area contributed by atoms with Gasteiger partial charge in [-0.25, -0.2) is 0 Å². The van der Waals surface area contributed by atoms with Gasteiger partial charge in [-0.15, -0.1) is 6.42 Å². The smallest absolute Gasteiger partial charge is 0.178 e. The number of aromatic nitrogens is 3. The molecule has 0 saturated carbocycles. The van der Waals surface area contributed by atoms with E-state index in [-0.39, 0.29) is 0 Å². The lowest BCUT2D eigenvalue weighted by molar-refractivity contribution is 1.12. The summed E-state index contributed by atoms with van der Waals surface area (Å²) in [6.45, 7) is 0. The van der Waals surface area contributed by atoms with Crippen molar-refractivity contribution in [1.29, 1.82) is 0 Å². The van der Waals surface area contributed by atoms with Crippen LogP contribution in [0.3, 0.4) is 0 Å². The zero-order chi connectivity index (χ0) is 14.9. The summed E-state index contributed by atoms with van der Waals surface area (Å²) in [6.07, 6.45) is 7.22. The number of aromatic amines is 1. The molecule has 0 fully saturated rings. The quantitative estimate of drug-likeness (QED) is 0.550. The van der Waals surface area contributed by atoms with E-state index in [1.54, 1.807) is 6.20 Å². The van der Waals surface area contributed by atoms with Crippen LogP contribution in [0.4, 0.5) is 11.5 Å². The normalized spacial score (nSPS) is 10.7. The van der Waals surface area contributed by atoms with E-state index >= 15 is 0 Å². The maximum atomic E-state index is 5.46. The Morgan fingerprint density at radius 1 is 1.05 bits per heavy atom. The number of H-pyrrole nitrogens is 1. The molecule has 0 atom stereocenters. The zero-order valence-electron chi connectivity index (χ0n) is 11.7. The molecule has 22 heavy (non-hydrogen) atoms. The number of rotatable bonds is 2. The average molecular weight is 284 g/mol. The molecule has 0 radical (unpaired) electrons. The molecule has 0 aliphatic rings. The van der Waals surface area contributed by atoms with Crippen LogP contribution in [0.2, 0.25) is 0 Å². The van der Waals surface area contributed by atoms with Gasteiger partial charge in [0.15, 0.2) is 5.82 Å². The van der Waals surface area contributed by atoms with Gasteiger partial charge in [0.1, 0.15) is 5.52 Å². The molecule has 4 aromatic rings. The fraction of sp³-hybridized carbons (Fsp3) is 0. The number of terminal acetylenes is 1. The number of fused-ring (bicyclic) bond motifs is 2. The van der Waals surface area contributed by atoms with Gasteiger partial charge in [0.25, 0.3) is 0 Å². The Balaban J connectivity index is 1.76. The van der Waals surface area contributed by atoms with Gasteiger partial charge in [-0.1, -0.05) is 18.1 Å². The molecule has 4 nitrogen and oxygen atoms in total. The molecule has 0 spiro atoms. The summed E-state index contributed by atoms with van der Waals surface area (Å²) < 4.78 is 0. The highest BCUT2D eigenvalue weighted by Gasteiger charge is 2.06. The molecule has 0 aliphatic carbocycles. The van der Waals surface area contributed by atoms with Gasteiger partial charge in [-0.2, -0.15) is 5.10 Å². The molecule has 2 N–H and O–H groups in total. The highest BCUT2D eigenvalue weighted by molar-refractivity contribution is 5.91. The number of anilines is 2. The first kappa shape index (κ1) is 12.4. The lowest BCUT2D eigenvalue weighted by atomic mass is 10.1. The highest BCUT2D eigenvalue weighted by Crippen LogP contribution is 2.25. The van der Waals surface area contributed by atoms with Crippen molar-refractivity contribution in [3.63, 3.8) is 0 Å². The minimum Gasteiger partial charge on any atom is -0.337 e. The fourth-order valence-electron chi connectivity index (χ4n) is 2.49. The van der Waals surface area contributed by atoms with Crippen molar-refractivity contribution < 1.29 is 0 Å². The molecule has 0 unspecified atom stereocenters. The lowest BCUT2D eigenvalue weighted by Gasteiger charge is -2.05. The molecule has 2 aromatic heterocycles. The zero-order valence-corrected chi connectivity index (χ0v) is 11.7. The van der Waals surface area contributed by atoms with Gasteiger partial charge in [-0.05, 0) is 47.2 Å². The second-order valence-corrected chi connectivity index (χ2v) is 5.02. The number of hydrogen-bond donors (Lipinski definition) is 2. The Morgan fingerprint density at radius 3 is 2.86 bits per heavy atom. The minimum atomic E-state index is 0.711. The van der Waals surface area contributed by atoms with Crippen molar-refractivity contribution in [3.05, 3.63) is 60.3 Å². The van der Waals surface area contributed by atoms with Gasteiger partial charge < -0.3 is 5.32 Å². The maximum absolute atomic E-state index is 5.46.